The molecule has 0 fully saturated rings. The summed E-state index contributed by atoms with van der Waals surface area (Å²) in [5.41, 5.74) is 0. The minimum absolute atomic E-state index is 0.141. The fraction of sp³-hybridized carbons (Fsp3) is 0.571. The summed E-state index contributed by atoms with van der Waals surface area (Å²) >= 11 is 0. The summed E-state index contributed by atoms with van der Waals surface area (Å²) in [5.74, 6) is 0. The third-order valence-corrected chi connectivity index (χ3v) is 1.72. The smallest absolute Gasteiger partial charge is 0.407 e. The molecule has 56 valence electrons. The first-order valence-corrected chi connectivity index (χ1v) is 3.36. The maximum Gasteiger partial charge on any atom is 0.407 e. The summed E-state index contributed by atoms with van der Waals surface area (Å²) in [5, 5.41) is 8.60. The predicted molar refractivity (Wildman–Crippen MR) is 37.9 cm³/mol. The zero-order valence-corrected chi connectivity index (χ0v) is 5.95. The third kappa shape index (κ3) is 1.29. The number of amides is 1. The van der Waals surface area contributed by atoms with Crippen LogP contribution in [0, 0.1) is 0 Å². The molecule has 0 aromatic rings. The van der Waals surface area contributed by atoms with Crippen LogP contribution in [0.5, 0.6) is 0 Å². The number of nitrogens with zero attached hydrogens (tertiary/aromatic N) is 1. The zero-order valence-electron chi connectivity index (χ0n) is 5.95. The number of hydrogen-bond acceptors (Lipinski definition) is 1. The van der Waals surface area contributed by atoms with E-state index in [-0.39, 0.29) is 6.04 Å². The van der Waals surface area contributed by atoms with Gasteiger partial charge in [0.15, 0.2) is 0 Å². The van der Waals surface area contributed by atoms with E-state index in [4.69, 9.17) is 5.11 Å². The number of rotatable bonds is 0. The topological polar surface area (TPSA) is 40.5 Å². The van der Waals surface area contributed by atoms with Crippen LogP contribution in [0.15, 0.2) is 12.2 Å². The molecular formula is C7H11NO2. The number of carboxylic acid groups (broad SMARTS) is 1. The van der Waals surface area contributed by atoms with Gasteiger partial charge in [0.25, 0.3) is 0 Å². The Kier molecular flexibility index (Phi) is 1.94. The van der Waals surface area contributed by atoms with Crippen molar-refractivity contribution < 1.29 is 9.90 Å². The minimum atomic E-state index is -0.822. The van der Waals surface area contributed by atoms with Crippen molar-refractivity contribution in [1.82, 2.24) is 4.90 Å². The van der Waals surface area contributed by atoms with Gasteiger partial charge in [0, 0.05) is 12.6 Å². The van der Waals surface area contributed by atoms with E-state index < -0.39 is 6.09 Å². The molecular weight excluding hydrogens is 130 g/mol. The van der Waals surface area contributed by atoms with Crippen molar-refractivity contribution in [2.45, 2.75) is 19.4 Å². The van der Waals surface area contributed by atoms with Crippen LogP contribution in [0.4, 0.5) is 4.79 Å². The molecule has 1 amide bonds. The molecule has 1 heterocycles. The minimum Gasteiger partial charge on any atom is -0.465 e. The summed E-state index contributed by atoms with van der Waals surface area (Å²) in [4.78, 5) is 11.9. The van der Waals surface area contributed by atoms with Crippen molar-refractivity contribution in [1.29, 1.82) is 0 Å². The molecule has 10 heavy (non-hydrogen) atoms. The molecule has 1 N–H and O–H groups in total. The molecule has 0 aliphatic carbocycles. The van der Waals surface area contributed by atoms with Crippen LogP contribution >= 0.6 is 0 Å². The zero-order chi connectivity index (χ0) is 7.56. The molecule has 1 rings (SSSR count). The summed E-state index contributed by atoms with van der Waals surface area (Å²) in [7, 11) is 0. The average molecular weight is 141 g/mol. The standard InChI is InChI=1S/C7H11NO2/c1-6-4-2-3-5-8(6)7(9)10/h2-3,6H,4-5H2,1H3,(H,9,10). The molecule has 3 nitrogen and oxygen atoms in total. The third-order valence-electron chi connectivity index (χ3n) is 1.72. The second-order valence-corrected chi connectivity index (χ2v) is 2.49. The van der Waals surface area contributed by atoms with Crippen LogP contribution in [0.2, 0.25) is 0 Å². The molecule has 3 heteroatoms. The lowest BCUT2D eigenvalue weighted by Crippen LogP contribution is -2.39. The molecule has 1 aliphatic rings. The Bertz CT molecular complexity index is 165. The van der Waals surface area contributed by atoms with E-state index in [0.717, 1.165) is 6.42 Å². The lowest BCUT2D eigenvalue weighted by atomic mass is 10.1. The van der Waals surface area contributed by atoms with E-state index in [1.54, 1.807) is 0 Å². The monoisotopic (exact) mass is 141 g/mol. The summed E-state index contributed by atoms with van der Waals surface area (Å²) < 4.78 is 0. The lowest BCUT2D eigenvalue weighted by molar-refractivity contribution is 0.132. The maximum atomic E-state index is 10.5. The summed E-state index contributed by atoms with van der Waals surface area (Å²) in [6.45, 7) is 2.45. The molecule has 1 unspecified atom stereocenters. The van der Waals surface area contributed by atoms with Crippen LogP contribution in [-0.4, -0.2) is 28.7 Å². The van der Waals surface area contributed by atoms with E-state index in [2.05, 4.69) is 0 Å². The molecule has 0 radical (unpaired) electrons. The Morgan fingerprint density at radius 2 is 2.40 bits per heavy atom. The average Bonchev–Trinajstić information content (AvgIpc) is 1.88. The predicted octanol–water partition coefficient (Wildman–Crippen LogP) is 1.31. The number of hydrogen-bond donors (Lipinski definition) is 1. The van der Waals surface area contributed by atoms with Crippen LogP contribution in [0.25, 0.3) is 0 Å². The van der Waals surface area contributed by atoms with Gasteiger partial charge in [-0.15, -0.1) is 0 Å². The highest BCUT2D eigenvalue weighted by Gasteiger charge is 2.18. The van der Waals surface area contributed by atoms with E-state index in [1.165, 1.54) is 4.90 Å². The van der Waals surface area contributed by atoms with Crippen molar-refractivity contribution in [3.63, 3.8) is 0 Å². The summed E-state index contributed by atoms with van der Waals surface area (Å²) in [6, 6.07) is 0.141. The highest BCUT2D eigenvalue weighted by atomic mass is 16.4. The van der Waals surface area contributed by atoms with Crippen LogP contribution in [0.3, 0.4) is 0 Å². The number of carbonyl (C=O) groups is 1. The molecule has 0 saturated carbocycles. The van der Waals surface area contributed by atoms with Crippen molar-refractivity contribution in [2.75, 3.05) is 6.54 Å². The van der Waals surface area contributed by atoms with Gasteiger partial charge in [0.05, 0.1) is 0 Å². The van der Waals surface area contributed by atoms with Gasteiger partial charge in [-0.3, -0.25) is 0 Å². The maximum absolute atomic E-state index is 10.5. The van der Waals surface area contributed by atoms with Gasteiger partial charge in [-0.25, -0.2) is 4.79 Å². The van der Waals surface area contributed by atoms with Crippen LogP contribution < -0.4 is 0 Å². The first-order valence-electron chi connectivity index (χ1n) is 3.36. The molecule has 0 spiro atoms. The van der Waals surface area contributed by atoms with Crippen molar-refractivity contribution in [3.8, 4) is 0 Å². The van der Waals surface area contributed by atoms with Crippen molar-refractivity contribution in [3.05, 3.63) is 12.2 Å². The second-order valence-electron chi connectivity index (χ2n) is 2.49. The Morgan fingerprint density at radius 1 is 1.70 bits per heavy atom. The van der Waals surface area contributed by atoms with E-state index in [1.807, 2.05) is 19.1 Å². The highest BCUT2D eigenvalue weighted by Crippen LogP contribution is 2.09. The van der Waals surface area contributed by atoms with Crippen LogP contribution in [-0.2, 0) is 0 Å². The molecule has 0 aromatic heterocycles. The Hall–Kier alpha value is -0.990. The van der Waals surface area contributed by atoms with Gasteiger partial charge in [0.1, 0.15) is 0 Å². The van der Waals surface area contributed by atoms with Gasteiger partial charge in [-0.2, -0.15) is 0 Å². The van der Waals surface area contributed by atoms with Gasteiger partial charge >= 0.3 is 6.09 Å². The van der Waals surface area contributed by atoms with Crippen molar-refractivity contribution >= 4 is 6.09 Å². The molecule has 0 bridgehead atoms. The SMILES string of the molecule is CC1CC=CCN1C(=O)O. The molecule has 0 aromatic carbocycles. The first kappa shape index (κ1) is 7.12. The van der Waals surface area contributed by atoms with Crippen LogP contribution in [0.1, 0.15) is 13.3 Å². The quantitative estimate of drug-likeness (QED) is 0.517. The van der Waals surface area contributed by atoms with Gasteiger partial charge in [0.2, 0.25) is 0 Å². The van der Waals surface area contributed by atoms with E-state index in [9.17, 15) is 4.79 Å². The Morgan fingerprint density at radius 3 is 2.80 bits per heavy atom. The van der Waals surface area contributed by atoms with E-state index >= 15 is 0 Å². The van der Waals surface area contributed by atoms with E-state index in [0.29, 0.717) is 6.54 Å². The van der Waals surface area contributed by atoms with Gasteiger partial charge in [-0.1, -0.05) is 12.2 Å². The lowest BCUT2D eigenvalue weighted by Gasteiger charge is -2.27. The Labute approximate surface area is 59.9 Å². The van der Waals surface area contributed by atoms with Gasteiger partial charge < -0.3 is 10.0 Å². The molecule has 1 atom stereocenters. The summed E-state index contributed by atoms with van der Waals surface area (Å²) in [6.07, 6.45) is 3.92. The van der Waals surface area contributed by atoms with Crippen molar-refractivity contribution in [2.24, 2.45) is 0 Å². The normalized spacial score (nSPS) is 24.9. The fourth-order valence-corrected chi connectivity index (χ4v) is 1.06. The first-order chi connectivity index (χ1) is 4.72. The molecule has 0 saturated heterocycles. The molecule has 1 aliphatic heterocycles. The fourth-order valence-electron chi connectivity index (χ4n) is 1.06. The highest BCUT2D eigenvalue weighted by molar-refractivity contribution is 5.65. The largest absolute Gasteiger partial charge is 0.465 e. The Balaban J connectivity index is 2.59. The second kappa shape index (κ2) is 2.73. The van der Waals surface area contributed by atoms with Gasteiger partial charge in [-0.05, 0) is 13.3 Å².